The molecule has 2 unspecified atom stereocenters. The summed E-state index contributed by atoms with van der Waals surface area (Å²) in [5.74, 6) is -0.334. The summed E-state index contributed by atoms with van der Waals surface area (Å²) in [6.45, 7) is 2.04. The van der Waals surface area contributed by atoms with Crippen molar-refractivity contribution < 1.29 is 19.1 Å². The molecule has 1 heterocycles. The van der Waals surface area contributed by atoms with Crippen molar-refractivity contribution in [3.63, 3.8) is 0 Å². The van der Waals surface area contributed by atoms with Crippen LogP contribution in [0.4, 0.5) is 0 Å². The van der Waals surface area contributed by atoms with E-state index in [1.807, 2.05) is 4.90 Å². The molecule has 1 amide bonds. The minimum Gasteiger partial charge on any atom is -0.468 e. The standard InChI is InChI=1S/C12H19BrN2O4/c1-18-12(17)9(13)6-15-4-5-19-7-10(15)11(16)14-8-2-3-8/h8-10H,2-7H2,1H3,(H,14,16). The van der Waals surface area contributed by atoms with Crippen molar-refractivity contribution in [2.24, 2.45) is 0 Å². The molecule has 0 aromatic rings. The highest BCUT2D eigenvalue weighted by molar-refractivity contribution is 9.10. The van der Waals surface area contributed by atoms with Crippen LogP contribution in [0.25, 0.3) is 0 Å². The van der Waals surface area contributed by atoms with Crippen LogP contribution < -0.4 is 5.32 Å². The normalized spacial score (nSPS) is 25.7. The van der Waals surface area contributed by atoms with Crippen LogP contribution in [0.5, 0.6) is 0 Å². The smallest absolute Gasteiger partial charge is 0.320 e. The van der Waals surface area contributed by atoms with Crippen LogP contribution in [0.2, 0.25) is 0 Å². The highest BCUT2D eigenvalue weighted by Crippen LogP contribution is 2.20. The van der Waals surface area contributed by atoms with Gasteiger partial charge in [0.05, 0.1) is 20.3 Å². The van der Waals surface area contributed by atoms with Crippen molar-refractivity contribution >= 4 is 27.8 Å². The van der Waals surface area contributed by atoms with Crippen LogP contribution in [0.1, 0.15) is 12.8 Å². The van der Waals surface area contributed by atoms with E-state index in [0.717, 1.165) is 12.8 Å². The Morgan fingerprint density at radius 1 is 1.53 bits per heavy atom. The average Bonchev–Trinajstić information content (AvgIpc) is 3.22. The summed E-state index contributed by atoms with van der Waals surface area (Å²) in [6.07, 6.45) is 2.12. The summed E-state index contributed by atoms with van der Waals surface area (Å²) in [5.41, 5.74) is 0. The van der Waals surface area contributed by atoms with Crippen molar-refractivity contribution in [2.75, 3.05) is 33.4 Å². The number of nitrogens with zero attached hydrogens (tertiary/aromatic N) is 1. The number of hydrogen-bond acceptors (Lipinski definition) is 5. The van der Waals surface area contributed by atoms with Gasteiger partial charge in [-0.25, -0.2) is 0 Å². The van der Waals surface area contributed by atoms with Gasteiger partial charge in [-0.05, 0) is 12.8 Å². The average molecular weight is 335 g/mol. The summed E-state index contributed by atoms with van der Waals surface area (Å²) in [4.78, 5) is 25.1. The molecule has 1 aliphatic heterocycles. The van der Waals surface area contributed by atoms with E-state index in [1.54, 1.807) is 0 Å². The van der Waals surface area contributed by atoms with Crippen LogP contribution in [0.15, 0.2) is 0 Å². The Bertz CT molecular complexity index is 349. The van der Waals surface area contributed by atoms with Crippen LogP contribution >= 0.6 is 15.9 Å². The van der Waals surface area contributed by atoms with E-state index in [4.69, 9.17) is 4.74 Å². The Morgan fingerprint density at radius 2 is 2.26 bits per heavy atom. The third-order valence-corrected chi connectivity index (χ3v) is 3.98. The van der Waals surface area contributed by atoms with Gasteiger partial charge in [0.1, 0.15) is 10.9 Å². The van der Waals surface area contributed by atoms with Crippen LogP contribution in [-0.2, 0) is 19.1 Å². The molecule has 108 valence electrons. The van der Waals surface area contributed by atoms with Crippen LogP contribution in [0, 0.1) is 0 Å². The molecule has 1 saturated heterocycles. The molecule has 2 atom stereocenters. The summed E-state index contributed by atoms with van der Waals surface area (Å²) in [5, 5.41) is 2.98. The SMILES string of the molecule is COC(=O)C(Br)CN1CCOCC1C(=O)NC1CC1. The number of esters is 1. The molecule has 1 aliphatic carbocycles. The first-order valence-electron chi connectivity index (χ1n) is 6.46. The second-order valence-electron chi connectivity index (χ2n) is 4.86. The maximum atomic E-state index is 12.1. The van der Waals surface area contributed by atoms with Crippen LogP contribution in [0.3, 0.4) is 0 Å². The van der Waals surface area contributed by atoms with E-state index in [0.29, 0.717) is 32.3 Å². The Labute approximate surface area is 120 Å². The van der Waals surface area contributed by atoms with E-state index in [2.05, 4.69) is 26.0 Å². The van der Waals surface area contributed by atoms with Crippen molar-refractivity contribution in [1.29, 1.82) is 0 Å². The number of halogens is 1. The van der Waals surface area contributed by atoms with Gasteiger partial charge in [-0.2, -0.15) is 0 Å². The lowest BCUT2D eigenvalue weighted by molar-refractivity contribution is -0.142. The quantitative estimate of drug-likeness (QED) is 0.562. The summed E-state index contributed by atoms with van der Waals surface area (Å²) < 4.78 is 10.0. The molecule has 0 radical (unpaired) electrons. The maximum Gasteiger partial charge on any atom is 0.320 e. The van der Waals surface area contributed by atoms with Gasteiger partial charge in [0, 0.05) is 19.1 Å². The van der Waals surface area contributed by atoms with Gasteiger partial charge in [0.15, 0.2) is 0 Å². The molecule has 6 nitrogen and oxygen atoms in total. The van der Waals surface area contributed by atoms with Gasteiger partial charge >= 0.3 is 5.97 Å². The summed E-state index contributed by atoms with van der Waals surface area (Å²) in [7, 11) is 1.35. The molecule has 2 aliphatic rings. The van der Waals surface area contributed by atoms with E-state index >= 15 is 0 Å². The van der Waals surface area contributed by atoms with Crippen LogP contribution in [-0.4, -0.2) is 67.1 Å². The molecular weight excluding hydrogens is 316 g/mol. The monoisotopic (exact) mass is 334 g/mol. The van der Waals surface area contributed by atoms with Gasteiger partial charge < -0.3 is 14.8 Å². The fraction of sp³-hybridized carbons (Fsp3) is 0.833. The fourth-order valence-electron chi connectivity index (χ4n) is 2.03. The molecule has 1 saturated carbocycles. The Morgan fingerprint density at radius 3 is 2.89 bits per heavy atom. The summed E-state index contributed by atoms with van der Waals surface area (Å²) >= 11 is 3.29. The largest absolute Gasteiger partial charge is 0.468 e. The summed E-state index contributed by atoms with van der Waals surface area (Å²) in [6, 6.07) is 0.00991. The first kappa shape index (κ1) is 14.7. The molecule has 0 spiro atoms. The second-order valence-corrected chi connectivity index (χ2v) is 5.96. The topological polar surface area (TPSA) is 67.9 Å². The zero-order valence-corrected chi connectivity index (χ0v) is 12.5. The highest BCUT2D eigenvalue weighted by atomic mass is 79.9. The van der Waals surface area contributed by atoms with E-state index in [9.17, 15) is 9.59 Å². The first-order chi connectivity index (χ1) is 9.11. The number of amides is 1. The highest BCUT2D eigenvalue weighted by Gasteiger charge is 2.34. The second kappa shape index (κ2) is 6.67. The molecule has 0 aromatic heterocycles. The lowest BCUT2D eigenvalue weighted by Crippen LogP contribution is -2.56. The predicted octanol–water partition coefficient (Wildman–Crippen LogP) is -0.0977. The van der Waals surface area contributed by atoms with Gasteiger partial charge in [0.2, 0.25) is 5.91 Å². The van der Waals surface area contributed by atoms with E-state index in [1.165, 1.54) is 7.11 Å². The molecule has 19 heavy (non-hydrogen) atoms. The molecule has 0 aromatic carbocycles. The first-order valence-corrected chi connectivity index (χ1v) is 7.37. The molecule has 7 heteroatoms. The Kier molecular flexibility index (Phi) is 5.18. The number of hydrogen-bond donors (Lipinski definition) is 1. The van der Waals surface area contributed by atoms with Gasteiger partial charge in [0.25, 0.3) is 0 Å². The molecule has 2 rings (SSSR count). The van der Waals surface area contributed by atoms with Gasteiger partial charge in [-0.3, -0.25) is 14.5 Å². The number of rotatable bonds is 5. The van der Waals surface area contributed by atoms with Gasteiger partial charge in [-0.1, -0.05) is 15.9 Å². The van der Waals surface area contributed by atoms with Crippen molar-refractivity contribution in [1.82, 2.24) is 10.2 Å². The third kappa shape index (κ3) is 4.15. The lowest BCUT2D eigenvalue weighted by atomic mass is 10.2. The number of ether oxygens (including phenoxy) is 2. The lowest BCUT2D eigenvalue weighted by Gasteiger charge is -2.35. The number of methoxy groups -OCH3 is 1. The Hall–Kier alpha value is -0.660. The van der Waals surface area contributed by atoms with E-state index < -0.39 is 4.83 Å². The number of carbonyl (C=O) groups is 2. The van der Waals surface area contributed by atoms with Crippen molar-refractivity contribution in [3.8, 4) is 0 Å². The number of carbonyl (C=O) groups excluding carboxylic acids is 2. The Balaban J connectivity index is 1.90. The van der Waals surface area contributed by atoms with Gasteiger partial charge in [-0.15, -0.1) is 0 Å². The maximum absolute atomic E-state index is 12.1. The minimum atomic E-state index is -0.424. The third-order valence-electron chi connectivity index (χ3n) is 3.32. The zero-order chi connectivity index (χ0) is 13.8. The zero-order valence-electron chi connectivity index (χ0n) is 10.9. The molecular formula is C12H19BrN2O4. The minimum absolute atomic E-state index is 0.00762. The number of alkyl halides is 1. The fourth-order valence-corrected chi connectivity index (χ4v) is 2.59. The molecule has 1 N–H and O–H groups in total. The van der Waals surface area contributed by atoms with Crippen molar-refractivity contribution in [3.05, 3.63) is 0 Å². The van der Waals surface area contributed by atoms with E-state index in [-0.39, 0.29) is 17.9 Å². The molecule has 0 bridgehead atoms. The number of morpholine rings is 1. The molecule has 2 fully saturated rings. The number of nitrogens with one attached hydrogen (secondary N) is 1. The van der Waals surface area contributed by atoms with Crippen molar-refractivity contribution in [2.45, 2.75) is 29.8 Å². The predicted molar refractivity (Wildman–Crippen MR) is 72.1 cm³/mol.